The van der Waals surface area contributed by atoms with E-state index in [1.807, 2.05) is 44.2 Å². The van der Waals surface area contributed by atoms with Crippen LogP contribution < -0.4 is 14.4 Å². The highest BCUT2D eigenvalue weighted by molar-refractivity contribution is 6.51. The van der Waals surface area contributed by atoms with Gasteiger partial charge in [0, 0.05) is 5.56 Å². The molecule has 2 aliphatic heterocycles. The van der Waals surface area contributed by atoms with Gasteiger partial charge in [0.05, 0.1) is 35.4 Å². The maximum absolute atomic E-state index is 13.5. The number of nitrogens with zero attached hydrogens (tertiary/aromatic N) is 2. The second-order valence-electron chi connectivity index (χ2n) is 9.76. The van der Waals surface area contributed by atoms with Crippen molar-refractivity contribution in [2.75, 3.05) is 11.5 Å². The predicted octanol–water partition coefficient (Wildman–Crippen LogP) is 5.30. The molecule has 6 rings (SSSR count). The van der Waals surface area contributed by atoms with Gasteiger partial charge in [-0.3, -0.25) is 14.5 Å². The fourth-order valence-corrected chi connectivity index (χ4v) is 5.08. The number of aromatic amines is 1. The summed E-state index contributed by atoms with van der Waals surface area (Å²) in [6.07, 6.45) is 1.68. The van der Waals surface area contributed by atoms with Crippen LogP contribution in [0.3, 0.4) is 0 Å². The molecule has 38 heavy (non-hydrogen) atoms. The van der Waals surface area contributed by atoms with Crippen molar-refractivity contribution in [3.8, 4) is 11.5 Å². The molecule has 1 aromatic heterocycles. The number of anilines is 1. The highest BCUT2D eigenvalue weighted by atomic mass is 16.5. The highest BCUT2D eigenvalue weighted by Crippen LogP contribution is 2.42. The molecule has 0 radical (unpaired) electrons. The quantitative estimate of drug-likeness (QED) is 0.215. The molecular formula is C30H27N3O5. The van der Waals surface area contributed by atoms with Crippen LogP contribution in [0.25, 0.3) is 16.8 Å². The SMILES string of the molecule is CC(C)Oc1ccc(C2/C(=C(\O)c3ccc4c(c3)CCCO4)C(=O)C(=O)N2c2nc3ccccc3[nH]2)cc1. The van der Waals surface area contributed by atoms with Crippen molar-refractivity contribution in [2.24, 2.45) is 0 Å². The van der Waals surface area contributed by atoms with E-state index in [9.17, 15) is 14.7 Å². The van der Waals surface area contributed by atoms with Crippen LogP contribution in [0.5, 0.6) is 11.5 Å². The number of H-pyrrole nitrogens is 1. The van der Waals surface area contributed by atoms with Gasteiger partial charge in [0.25, 0.3) is 5.78 Å². The second-order valence-corrected chi connectivity index (χ2v) is 9.76. The van der Waals surface area contributed by atoms with Crippen LogP contribution in [0.2, 0.25) is 0 Å². The van der Waals surface area contributed by atoms with Crippen LogP contribution >= 0.6 is 0 Å². The number of aliphatic hydroxyl groups is 1. The van der Waals surface area contributed by atoms with Crippen molar-refractivity contribution in [2.45, 2.75) is 38.8 Å². The molecule has 8 nitrogen and oxygen atoms in total. The minimum absolute atomic E-state index is 0.00432. The topological polar surface area (TPSA) is 105 Å². The molecule has 192 valence electrons. The Balaban J connectivity index is 1.51. The van der Waals surface area contributed by atoms with E-state index >= 15 is 0 Å². The maximum atomic E-state index is 13.5. The summed E-state index contributed by atoms with van der Waals surface area (Å²) in [6, 6.07) is 19.0. The van der Waals surface area contributed by atoms with Gasteiger partial charge in [0.15, 0.2) is 0 Å². The Kier molecular flexibility index (Phi) is 5.87. The van der Waals surface area contributed by atoms with Crippen LogP contribution in [-0.2, 0) is 16.0 Å². The summed E-state index contributed by atoms with van der Waals surface area (Å²) in [4.78, 5) is 36.1. The minimum Gasteiger partial charge on any atom is -0.507 e. The lowest BCUT2D eigenvalue weighted by Gasteiger charge is -2.23. The van der Waals surface area contributed by atoms with Crippen LogP contribution in [0.15, 0.2) is 72.3 Å². The van der Waals surface area contributed by atoms with E-state index in [4.69, 9.17) is 9.47 Å². The Morgan fingerprint density at radius 2 is 1.89 bits per heavy atom. The molecule has 8 heteroatoms. The zero-order valence-corrected chi connectivity index (χ0v) is 21.1. The van der Waals surface area contributed by atoms with E-state index in [0.29, 0.717) is 29.0 Å². The molecule has 3 heterocycles. The molecule has 1 unspecified atom stereocenters. The van der Waals surface area contributed by atoms with Crippen LogP contribution in [0.4, 0.5) is 5.95 Å². The minimum atomic E-state index is -0.893. The first-order valence-corrected chi connectivity index (χ1v) is 12.7. The van der Waals surface area contributed by atoms with Crippen molar-refractivity contribution in [1.82, 2.24) is 9.97 Å². The van der Waals surface area contributed by atoms with Crippen molar-refractivity contribution < 1.29 is 24.2 Å². The summed E-state index contributed by atoms with van der Waals surface area (Å²) in [6.45, 7) is 4.53. The van der Waals surface area contributed by atoms with Gasteiger partial charge in [-0.1, -0.05) is 24.3 Å². The normalized spacial score (nSPS) is 18.6. The number of amides is 1. The standard InChI is InChI=1S/C30H27N3O5/c1-17(2)38-21-12-9-18(10-13-21)26-25(27(34)20-11-14-24-19(16-20)6-5-15-37-24)28(35)29(36)33(26)30-31-22-7-3-4-8-23(22)32-30/h3-4,7-14,16-17,26,34H,5-6,15H2,1-2H3,(H,31,32)/b27-25+. The summed E-state index contributed by atoms with van der Waals surface area (Å²) in [5.41, 5.74) is 3.46. The van der Waals surface area contributed by atoms with E-state index < -0.39 is 17.7 Å². The van der Waals surface area contributed by atoms with Crippen molar-refractivity contribution in [3.63, 3.8) is 0 Å². The first-order chi connectivity index (χ1) is 18.4. The van der Waals surface area contributed by atoms with Gasteiger partial charge in [0.1, 0.15) is 17.3 Å². The number of nitrogens with one attached hydrogen (secondary N) is 1. The molecule has 1 saturated heterocycles. The smallest absolute Gasteiger partial charge is 0.302 e. The largest absolute Gasteiger partial charge is 0.507 e. The Labute approximate surface area is 219 Å². The molecule has 2 aliphatic rings. The molecular weight excluding hydrogens is 482 g/mol. The van der Waals surface area contributed by atoms with Gasteiger partial charge in [-0.15, -0.1) is 0 Å². The van der Waals surface area contributed by atoms with Gasteiger partial charge < -0.3 is 19.6 Å². The van der Waals surface area contributed by atoms with Crippen molar-refractivity contribution in [1.29, 1.82) is 0 Å². The summed E-state index contributed by atoms with van der Waals surface area (Å²) in [7, 11) is 0. The molecule has 0 saturated carbocycles. The predicted molar refractivity (Wildman–Crippen MR) is 143 cm³/mol. The lowest BCUT2D eigenvalue weighted by atomic mass is 9.94. The van der Waals surface area contributed by atoms with Crippen LogP contribution in [0.1, 0.15) is 43.0 Å². The van der Waals surface area contributed by atoms with Crippen LogP contribution in [0, 0.1) is 0 Å². The third kappa shape index (κ3) is 4.08. The molecule has 3 aromatic carbocycles. The Hall–Kier alpha value is -4.59. The lowest BCUT2D eigenvalue weighted by molar-refractivity contribution is -0.132. The average Bonchev–Trinajstić information content (AvgIpc) is 3.46. The van der Waals surface area contributed by atoms with Gasteiger partial charge in [-0.05, 0) is 80.3 Å². The number of benzene rings is 3. The van der Waals surface area contributed by atoms with Gasteiger partial charge in [-0.2, -0.15) is 0 Å². The highest BCUT2D eigenvalue weighted by Gasteiger charge is 2.48. The number of para-hydroxylation sites is 2. The van der Waals surface area contributed by atoms with Crippen LogP contribution in [-0.4, -0.2) is 39.5 Å². The third-order valence-electron chi connectivity index (χ3n) is 6.80. The number of carbonyl (C=O) groups excluding carboxylic acids is 2. The number of aryl methyl sites for hydroxylation is 1. The van der Waals surface area contributed by atoms with Crippen molar-refractivity contribution >= 4 is 34.4 Å². The molecule has 0 aliphatic carbocycles. The van der Waals surface area contributed by atoms with E-state index in [1.165, 1.54) is 4.90 Å². The number of aliphatic hydroxyl groups excluding tert-OH is 1. The molecule has 1 amide bonds. The zero-order chi connectivity index (χ0) is 26.4. The van der Waals surface area contributed by atoms with Crippen molar-refractivity contribution in [3.05, 3.63) is 89.0 Å². The van der Waals surface area contributed by atoms with Gasteiger partial charge >= 0.3 is 5.91 Å². The fourth-order valence-electron chi connectivity index (χ4n) is 5.08. The van der Waals surface area contributed by atoms with E-state index in [1.54, 1.807) is 36.4 Å². The molecule has 0 bridgehead atoms. The number of fused-ring (bicyclic) bond motifs is 2. The molecule has 0 spiro atoms. The number of ketones is 1. The lowest BCUT2D eigenvalue weighted by Crippen LogP contribution is -2.30. The van der Waals surface area contributed by atoms with E-state index in [-0.39, 0.29) is 23.4 Å². The monoisotopic (exact) mass is 509 g/mol. The van der Waals surface area contributed by atoms with Gasteiger partial charge in [0.2, 0.25) is 5.95 Å². The number of rotatable bonds is 5. The number of ether oxygens (including phenoxy) is 2. The number of aromatic nitrogens is 2. The number of imidazole rings is 1. The van der Waals surface area contributed by atoms with E-state index in [0.717, 1.165) is 29.7 Å². The molecule has 2 N–H and O–H groups in total. The average molecular weight is 510 g/mol. The van der Waals surface area contributed by atoms with E-state index in [2.05, 4.69) is 9.97 Å². The number of hydrogen-bond donors (Lipinski definition) is 2. The third-order valence-corrected chi connectivity index (χ3v) is 6.80. The Morgan fingerprint density at radius 3 is 2.66 bits per heavy atom. The molecule has 1 fully saturated rings. The zero-order valence-electron chi connectivity index (χ0n) is 21.1. The Morgan fingerprint density at radius 1 is 1.11 bits per heavy atom. The maximum Gasteiger partial charge on any atom is 0.302 e. The number of Topliss-reactive ketones (excluding diaryl/α,β-unsaturated/α-hetero) is 1. The first-order valence-electron chi connectivity index (χ1n) is 12.7. The second kappa shape index (κ2) is 9.37. The summed E-state index contributed by atoms with van der Waals surface area (Å²) >= 11 is 0. The van der Waals surface area contributed by atoms with Gasteiger partial charge in [-0.25, -0.2) is 4.98 Å². The summed E-state index contributed by atoms with van der Waals surface area (Å²) in [5.74, 6) is -0.0997. The molecule has 4 aromatic rings. The molecule has 1 atom stereocenters. The number of carbonyl (C=O) groups is 2. The fraction of sp³-hybridized carbons (Fsp3) is 0.233. The summed E-state index contributed by atoms with van der Waals surface area (Å²) < 4.78 is 11.5. The Bertz CT molecular complexity index is 1550. The summed E-state index contributed by atoms with van der Waals surface area (Å²) in [5, 5.41) is 11.5. The first kappa shape index (κ1) is 23.8. The number of hydrogen-bond acceptors (Lipinski definition) is 6.